The summed E-state index contributed by atoms with van der Waals surface area (Å²) in [5, 5.41) is 10.7. The van der Waals surface area contributed by atoms with Crippen LogP contribution in [-0.4, -0.2) is 74.0 Å². The summed E-state index contributed by atoms with van der Waals surface area (Å²) in [7, 11) is 2.10. The zero-order chi connectivity index (χ0) is 30.7. The molecule has 1 unspecified atom stereocenters. The number of nitrogens with zero attached hydrogens (tertiary/aromatic N) is 3. The first-order valence-electron chi connectivity index (χ1n) is 15.3. The molecule has 0 saturated carbocycles. The molecule has 45 heavy (non-hydrogen) atoms. The number of hydrogen-bond acceptors (Lipinski definition) is 9. The first-order chi connectivity index (χ1) is 22.0. The van der Waals surface area contributed by atoms with E-state index < -0.39 is 12.0 Å². The standard InChI is InChI=1S/C35H32FN3O6/c1-38-26-12-22-15-31-33(44-11-9-42-31)17-25(22)35(38)27-13-21-14-30-32(43-10-8-41-30)16-24(21)29(39(27)28(26)18-37)19-45-34(40)7-4-20-2-5-23(36)6-3-20/h2-7,14-17,26-29,35H,8-13,19H2,1H3/b7-4+/t26-,27?,28-,29-,35+/m0/s1. The van der Waals surface area contributed by atoms with Crippen LogP contribution in [0.1, 0.15) is 39.9 Å². The number of nitriles is 1. The number of fused-ring (bicyclic) bond motifs is 9. The number of piperazine rings is 1. The van der Waals surface area contributed by atoms with E-state index in [1.165, 1.54) is 29.3 Å². The highest BCUT2D eigenvalue weighted by Gasteiger charge is 2.55. The second-order valence-corrected chi connectivity index (χ2v) is 12.1. The van der Waals surface area contributed by atoms with Gasteiger partial charge in [0.2, 0.25) is 0 Å². The van der Waals surface area contributed by atoms with E-state index in [9.17, 15) is 14.4 Å². The summed E-state index contributed by atoms with van der Waals surface area (Å²) in [6.45, 7) is 2.00. The van der Waals surface area contributed by atoms with Gasteiger partial charge in [-0.25, -0.2) is 9.18 Å². The number of ether oxygens (including phenoxy) is 5. The molecule has 2 bridgehead atoms. The second kappa shape index (κ2) is 11.1. The number of esters is 1. The maximum absolute atomic E-state index is 13.3. The fourth-order valence-corrected chi connectivity index (χ4v) is 7.71. The first-order valence-corrected chi connectivity index (χ1v) is 15.3. The number of hydrogen-bond donors (Lipinski definition) is 0. The Bertz CT molecular complexity index is 1740. The summed E-state index contributed by atoms with van der Waals surface area (Å²) in [5.41, 5.74) is 5.08. The van der Waals surface area contributed by atoms with Crippen LogP contribution >= 0.6 is 0 Å². The fraction of sp³-hybridized carbons (Fsp3) is 0.371. The van der Waals surface area contributed by atoms with Crippen LogP contribution in [0, 0.1) is 17.1 Å². The summed E-state index contributed by atoms with van der Waals surface area (Å²) in [6.07, 6.45) is 4.30. The molecule has 5 aliphatic rings. The highest BCUT2D eigenvalue weighted by atomic mass is 19.1. The van der Waals surface area contributed by atoms with Crippen LogP contribution in [0.3, 0.4) is 0 Å². The van der Waals surface area contributed by atoms with Gasteiger partial charge in [-0.15, -0.1) is 0 Å². The van der Waals surface area contributed by atoms with Crippen LogP contribution in [0.4, 0.5) is 4.39 Å². The number of rotatable bonds is 4. The largest absolute Gasteiger partial charge is 0.486 e. The zero-order valence-corrected chi connectivity index (χ0v) is 24.8. The average Bonchev–Trinajstić information content (AvgIpc) is 3.05. The summed E-state index contributed by atoms with van der Waals surface area (Å²) in [4.78, 5) is 17.6. The minimum absolute atomic E-state index is 0.0305. The van der Waals surface area contributed by atoms with Crippen LogP contribution in [0.25, 0.3) is 6.08 Å². The van der Waals surface area contributed by atoms with Gasteiger partial charge in [0.1, 0.15) is 44.9 Å². The lowest BCUT2D eigenvalue weighted by atomic mass is 9.72. The molecule has 9 nitrogen and oxygen atoms in total. The molecule has 5 atom stereocenters. The molecule has 0 aliphatic carbocycles. The summed E-state index contributed by atoms with van der Waals surface area (Å²) < 4.78 is 43.0. The zero-order valence-electron chi connectivity index (χ0n) is 24.8. The molecular weight excluding hydrogens is 577 g/mol. The Hall–Kier alpha value is -4.59. The van der Waals surface area contributed by atoms with Crippen LogP contribution in [-0.2, 0) is 22.4 Å². The Labute approximate surface area is 260 Å². The van der Waals surface area contributed by atoms with Crippen molar-refractivity contribution in [2.24, 2.45) is 0 Å². The van der Waals surface area contributed by atoms with Crippen LogP contribution < -0.4 is 18.9 Å². The molecule has 0 spiro atoms. The van der Waals surface area contributed by atoms with Crippen molar-refractivity contribution in [3.63, 3.8) is 0 Å². The second-order valence-electron chi connectivity index (χ2n) is 12.1. The van der Waals surface area contributed by atoms with E-state index in [1.54, 1.807) is 18.2 Å². The SMILES string of the molecule is CN1[C@@H]2c3cc4c(cc3C[C@H]1[C@H](C#N)N1C2Cc2cc3c(cc2[C@@H]1COC(=O)/C=C/c1ccc(F)cc1)OCCO3)OCCO4. The minimum atomic E-state index is -0.516. The fourth-order valence-electron chi connectivity index (χ4n) is 7.71. The molecule has 10 heteroatoms. The summed E-state index contributed by atoms with van der Waals surface area (Å²) in [6, 6.07) is 15.7. The van der Waals surface area contributed by atoms with Crippen molar-refractivity contribution in [3.8, 4) is 29.1 Å². The Balaban J connectivity index is 1.18. The van der Waals surface area contributed by atoms with E-state index in [-0.39, 0.29) is 36.6 Å². The molecule has 3 aromatic carbocycles. The van der Waals surface area contributed by atoms with Gasteiger partial charge in [0.05, 0.1) is 18.2 Å². The molecule has 8 rings (SSSR count). The Kier molecular flexibility index (Phi) is 6.88. The highest BCUT2D eigenvalue weighted by Crippen LogP contribution is 2.52. The van der Waals surface area contributed by atoms with Crippen molar-refractivity contribution in [2.75, 3.05) is 40.1 Å². The molecular formula is C35H32FN3O6. The molecule has 1 fully saturated rings. The quantitative estimate of drug-likeness (QED) is 0.315. The number of halogens is 1. The van der Waals surface area contributed by atoms with Crippen LogP contribution in [0.2, 0.25) is 0 Å². The number of benzene rings is 3. The lowest BCUT2D eigenvalue weighted by molar-refractivity contribution is -0.143. The third-order valence-corrected chi connectivity index (χ3v) is 9.70. The lowest BCUT2D eigenvalue weighted by Gasteiger charge is -2.59. The van der Waals surface area contributed by atoms with E-state index in [0.717, 1.165) is 22.6 Å². The molecule has 0 aromatic heterocycles. The molecule has 0 radical (unpaired) electrons. The summed E-state index contributed by atoms with van der Waals surface area (Å²) >= 11 is 0. The number of likely N-dealkylation sites (N-methyl/N-ethyl adjacent to an activating group) is 1. The van der Waals surface area contributed by atoms with Crippen molar-refractivity contribution in [1.29, 1.82) is 5.26 Å². The van der Waals surface area contributed by atoms with Gasteiger partial charge in [0, 0.05) is 18.2 Å². The Morgan fingerprint density at radius 3 is 2.13 bits per heavy atom. The van der Waals surface area contributed by atoms with Gasteiger partial charge in [0.25, 0.3) is 0 Å². The van der Waals surface area contributed by atoms with E-state index >= 15 is 0 Å². The van der Waals surface area contributed by atoms with Gasteiger partial charge >= 0.3 is 5.97 Å². The van der Waals surface area contributed by atoms with Gasteiger partial charge in [-0.1, -0.05) is 12.1 Å². The van der Waals surface area contributed by atoms with Crippen molar-refractivity contribution in [2.45, 2.75) is 43.1 Å². The van der Waals surface area contributed by atoms with Crippen molar-refractivity contribution in [3.05, 3.63) is 88.2 Å². The normalized spacial score (nSPS) is 26.3. The van der Waals surface area contributed by atoms with Gasteiger partial charge < -0.3 is 23.7 Å². The van der Waals surface area contributed by atoms with Crippen molar-refractivity contribution >= 4 is 12.0 Å². The molecule has 1 saturated heterocycles. The minimum Gasteiger partial charge on any atom is -0.486 e. The van der Waals surface area contributed by atoms with Gasteiger partial charge in [-0.3, -0.25) is 9.80 Å². The molecule has 0 amide bonds. The summed E-state index contributed by atoms with van der Waals surface area (Å²) in [5.74, 6) is 2.00. The molecule has 5 heterocycles. The van der Waals surface area contributed by atoms with Crippen LogP contribution in [0.15, 0.2) is 54.6 Å². The third kappa shape index (κ3) is 4.78. The Morgan fingerprint density at radius 1 is 0.911 bits per heavy atom. The van der Waals surface area contributed by atoms with Crippen LogP contribution in [0.5, 0.6) is 23.0 Å². The lowest BCUT2D eigenvalue weighted by Crippen LogP contribution is -2.68. The topological polar surface area (TPSA) is 93.5 Å². The smallest absolute Gasteiger partial charge is 0.330 e. The predicted octanol–water partition coefficient (Wildman–Crippen LogP) is 4.40. The van der Waals surface area contributed by atoms with E-state index in [4.69, 9.17) is 23.7 Å². The van der Waals surface area contributed by atoms with Gasteiger partial charge in [-0.05, 0) is 90.2 Å². The van der Waals surface area contributed by atoms with Gasteiger partial charge in [-0.2, -0.15) is 5.26 Å². The van der Waals surface area contributed by atoms with E-state index in [2.05, 4.69) is 35.0 Å². The first kappa shape index (κ1) is 27.9. The molecule has 0 N–H and O–H groups in total. The third-order valence-electron chi connectivity index (χ3n) is 9.70. The molecule has 5 aliphatic heterocycles. The van der Waals surface area contributed by atoms with Crippen molar-refractivity contribution in [1.82, 2.24) is 9.80 Å². The predicted molar refractivity (Wildman–Crippen MR) is 161 cm³/mol. The van der Waals surface area contributed by atoms with Gasteiger partial charge in [0.15, 0.2) is 23.0 Å². The number of carbonyl (C=O) groups excluding carboxylic acids is 1. The monoisotopic (exact) mass is 609 g/mol. The van der Waals surface area contributed by atoms with E-state index in [1.807, 2.05) is 12.1 Å². The van der Waals surface area contributed by atoms with E-state index in [0.29, 0.717) is 56.3 Å². The Morgan fingerprint density at radius 2 is 1.49 bits per heavy atom. The average molecular weight is 610 g/mol. The maximum atomic E-state index is 13.3. The number of carbonyl (C=O) groups is 1. The molecule has 3 aromatic rings. The van der Waals surface area contributed by atoms with Crippen molar-refractivity contribution < 1.29 is 32.9 Å². The molecule has 230 valence electrons. The highest BCUT2D eigenvalue weighted by molar-refractivity contribution is 5.87. The maximum Gasteiger partial charge on any atom is 0.330 e.